The van der Waals surface area contributed by atoms with Crippen LogP contribution in [0.2, 0.25) is 0 Å². The number of amides is 1. The lowest BCUT2D eigenvalue weighted by molar-refractivity contribution is -0.118. The van der Waals surface area contributed by atoms with Gasteiger partial charge in [0, 0.05) is 27.7 Å². The second kappa shape index (κ2) is 6.54. The second-order valence-corrected chi connectivity index (χ2v) is 6.42. The van der Waals surface area contributed by atoms with Crippen LogP contribution in [0.1, 0.15) is 27.9 Å². The smallest absolute Gasteiger partial charge is 0.262 e. The summed E-state index contributed by atoms with van der Waals surface area (Å²) in [4.78, 5) is 23.8. The van der Waals surface area contributed by atoms with E-state index in [1.165, 1.54) is 0 Å². The number of hydrogen-bond acceptors (Lipinski definition) is 3. The van der Waals surface area contributed by atoms with Crippen molar-refractivity contribution in [2.75, 3.05) is 11.9 Å². The van der Waals surface area contributed by atoms with Crippen LogP contribution in [0.25, 0.3) is 0 Å². The monoisotopic (exact) mass is 373 g/mol. The van der Waals surface area contributed by atoms with Crippen LogP contribution < -0.4 is 10.1 Å². The number of ether oxygens (including phenoxy) is 1. The van der Waals surface area contributed by atoms with Gasteiger partial charge in [0.1, 0.15) is 5.75 Å². The van der Waals surface area contributed by atoms with Crippen molar-refractivity contribution in [1.29, 1.82) is 0 Å². The molecule has 1 amide bonds. The van der Waals surface area contributed by atoms with E-state index in [-0.39, 0.29) is 18.3 Å². The molecule has 0 radical (unpaired) electrons. The van der Waals surface area contributed by atoms with Gasteiger partial charge in [0.15, 0.2) is 12.4 Å². The molecule has 0 saturated heterocycles. The Kier molecular flexibility index (Phi) is 4.48. The Morgan fingerprint density at radius 2 is 2.09 bits per heavy atom. The van der Waals surface area contributed by atoms with Crippen LogP contribution in [-0.4, -0.2) is 18.3 Å². The van der Waals surface area contributed by atoms with E-state index in [0.717, 1.165) is 21.3 Å². The third-order valence-electron chi connectivity index (χ3n) is 3.86. The summed E-state index contributed by atoms with van der Waals surface area (Å²) in [6.07, 6.45) is 1.19. The number of hydrogen-bond donors (Lipinski definition) is 1. The number of anilines is 1. The molecule has 1 aliphatic carbocycles. The van der Waals surface area contributed by atoms with E-state index in [4.69, 9.17) is 4.74 Å². The standard InChI is InChI=1S/C18H16BrNO3/c1-11-9-12(19)5-7-15(11)20-18(22)10-23-17-4-2-3-13-14(17)6-8-16(13)21/h2-5,7,9H,6,8,10H2,1H3,(H,20,22). The molecule has 3 rings (SSSR count). The number of benzene rings is 2. The molecule has 0 bridgehead atoms. The van der Waals surface area contributed by atoms with E-state index in [9.17, 15) is 9.59 Å². The van der Waals surface area contributed by atoms with E-state index in [1.807, 2.05) is 31.2 Å². The van der Waals surface area contributed by atoms with Gasteiger partial charge in [-0.15, -0.1) is 0 Å². The first-order valence-electron chi connectivity index (χ1n) is 7.38. The molecular weight excluding hydrogens is 358 g/mol. The summed E-state index contributed by atoms with van der Waals surface area (Å²) in [5, 5.41) is 2.83. The number of aryl methyl sites for hydroxylation is 1. The lowest BCUT2D eigenvalue weighted by Gasteiger charge is -2.12. The topological polar surface area (TPSA) is 55.4 Å². The number of Topliss-reactive ketones (excluding diaryl/α,β-unsaturated/α-hetero) is 1. The number of carbonyl (C=O) groups is 2. The molecular formula is C18H16BrNO3. The summed E-state index contributed by atoms with van der Waals surface area (Å²) in [5.74, 6) is 0.536. The molecule has 0 aliphatic heterocycles. The minimum Gasteiger partial charge on any atom is -0.483 e. The van der Waals surface area contributed by atoms with Gasteiger partial charge in [-0.25, -0.2) is 0 Å². The first-order chi connectivity index (χ1) is 11.0. The van der Waals surface area contributed by atoms with Crippen LogP contribution in [0.15, 0.2) is 40.9 Å². The highest BCUT2D eigenvalue weighted by Gasteiger charge is 2.22. The highest BCUT2D eigenvalue weighted by atomic mass is 79.9. The van der Waals surface area contributed by atoms with Crippen LogP contribution in [-0.2, 0) is 11.2 Å². The largest absolute Gasteiger partial charge is 0.483 e. The first kappa shape index (κ1) is 15.7. The molecule has 5 heteroatoms. The molecule has 1 N–H and O–H groups in total. The zero-order valence-corrected chi connectivity index (χ0v) is 14.3. The average Bonchev–Trinajstić information content (AvgIpc) is 2.90. The fourth-order valence-electron chi connectivity index (χ4n) is 2.69. The van der Waals surface area contributed by atoms with E-state index in [2.05, 4.69) is 21.2 Å². The number of ketones is 1. The van der Waals surface area contributed by atoms with Gasteiger partial charge in [-0.2, -0.15) is 0 Å². The van der Waals surface area contributed by atoms with Crippen molar-refractivity contribution in [2.45, 2.75) is 19.8 Å². The number of halogens is 1. The molecule has 4 nitrogen and oxygen atoms in total. The molecule has 0 heterocycles. The fraction of sp³-hybridized carbons (Fsp3) is 0.222. The highest BCUT2D eigenvalue weighted by molar-refractivity contribution is 9.10. The summed E-state index contributed by atoms with van der Waals surface area (Å²) < 4.78 is 6.59. The van der Waals surface area contributed by atoms with Gasteiger partial charge in [0.05, 0.1) is 0 Å². The molecule has 23 heavy (non-hydrogen) atoms. The third-order valence-corrected chi connectivity index (χ3v) is 4.35. The van der Waals surface area contributed by atoms with Gasteiger partial charge < -0.3 is 10.1 Å². The van der Waals surface area contributed by atoms with Gasteiger partial charge in [0.2, 0.25) is 0 Å². The Hall–Kier alpha value is -2.14. The Balaban J connectivity index is 1.65. The highest BCUT2D eigenvalue weighted by Crippen LogP contribution is 2.30. The van der Waals surface area contributed by atoms with E-state index < -0.39 is 0 Å². The van der Waals surface area contributed by atoms with Crippen molar-refractivity contribution in [3.63, 3.8) is 0 Å². The molecule has 2 aromatic carbocycles. The summed E-state index contributed by atoms with van der Waals surface area (Å²) >= 11 is 3.39. The van der Waals surface area contributed by atoms with Gasteiger partial charge in [0.25, 0.3) is 5.91 Å². The van der Waals surface area contributed by atoms with Gasteiger partial charge in [-0.3, -0.25) is 9.59 Å². The number of rotatable bonds is 4. The van der Waals surface area contributed by atoms with Crippen molar-refractivity contribution in [3.05, 3.63) is 57.6 Å². The Morgan fingerprint density at radius 3 is 2.87 bits per heavy atom. The normalized spacial score (nSPS) is 12.9. The molecule has 0 unspecified atom stereocenters. The third kappa shape index (κ3) is 3.45. The predicted octanol–water partition coefficient (Wildman–Crippen LogP) is 3.90. The molecule has 0 aromatic heterocycles. The molecule has 1 aliphatic rings. The molecule has 0 spiro atoms. The maximum absolute atomic E-state index is 12.1. The summed E-state index contributed by atoms with van der Waals surface area (Å²) in [5.41, 5.74) is 3.35. The quantitative estimate of drug-likeness (QED) is 0.883. The average molecular weight is 374 g/mol. The van der Waals surface area contributed by atoms with E-state index in [1.54, 1.807) is 12.1 Å². The Labute approximate surface area is 143 Å². The van der Waals surface area contributed by atoms with Crippen LogP contribution in [0.4, 0.5) is 5.69 Å². The maximum atomic E-state index is 12.1. The fourth-order valence-corrected chi connectivity index (χ4v) is 3.17. The summed E-state index contributed by atoms with van der Waals surface area (Å²) in [6.45, 7) is 1.84. The van der Waals surface area contributed by atoms with Crippen LogP contribution in [0.5, 0.6) is 5.75 Å². The first-order valence-corrected chi connectivity index (χ1v) is 8.18. The van der Waals surface area contributed by atoms with Gasteiger partial charge in [-0.1, -0.05) is 28.1 Å². The number of carbonyl (C=O) groups excluding carboxylic acids is 2. The lowest BCUT2D eigenvalue weighted by atomic mass is 10.1. The van der Waals surface area contributed by atoms with Crippen LogP contribution >= 0.6 is 15.9 Å². The van der Waals surface area contributed by atoms with Crippen molar-refractivity contribution in [2.24, 2.45) is 0 Å². The number of nitrogens with one attached hydrogen (secondary N) is 1. The summed E-state index contributed by atoms with van der Waals surface area (Å²) in [7, 11) is 0. The van der Waals surface area contributed by atoms with Crippen molar-refractivity contribution < 1.29 is 14.3 Å². The van der Waals surface area contributed by atoms with Crippen molar-refractivity contribution in [3.8, 4) is 5.75 Å². The Morgan fingerprint density at radius 1 is 1.26 bits per heavy atom. The van der Waals surface area contributed by atoms with Crippen molar-refractivity contribution >= 4 is 33.3 Å². The summed E-state index contributed by atoms with van der Waals surface area (Å²) in [6, 6.07) is 11.0. The minimum atomic E-state index is -0.225. The predicted molar refractivity (Wildman–Crippen MR) is 92.1 cm³/mol. The molecule has 0 saturated carbocycles. The minimum absolute atomic E-state index is 0.0832. The molecule has 0 fully saturated rings. The van der Waals surface area contributed by atoms with Crippen LogP contribution in [0.3, 0.4) is 0 Å². The zero-order valence-electron chi connectivity index (χ0n) is 12.7. The van der Waals surface area contributed by atoms with Gasteiger partial charge in [-0.05, 0) is 43.2 Å². The zero-order chi connectivity index (χ0) is 16.4. The van der Waals surface area contributed by atoms with Crippen LogP contribution in [0, 0.1) is 6.92 Å². The van der Waals surface area contributed by atoms with E-state index >= 15 is 0 Å². The molecule has 0 atom stereocenters. The van der Waals surface area contributed by atoms with Crippen molar-refractivity contribution in [1.82, 2.24) is 0 Å². The molecule has 2 aromatic rings. The van der Waals surface area contributed by atoms with E-state index in [0.29, 0.717) is 24.2 Å². The molecule has 118 valence electrons. The SMILES string of the molecule is Cc1cc(Br)ccc1NC(=O)COc1cccc2c1CCC2=O. The maximum Gasteiger partial charge on any atom is 0.262 e. The number of fused-ring (bicyclic) bond motifs is 1. The van der Waals surface area contributed by atoms with Gasteiger partial charge >= 0.3 is 0 Å². The lowest BCUT2D eigenvalue weighted by Crippen LogP contribution is -2.21. The Bertz CT molecular complexity index is 786. The second-order valence-electron chi connectivity index (χ2n) is 5.50.